The van der Waals surface area contributed by atoms with E-state index in [9.17, 15) is 18.0 Å². The Hall–Kier alpha value is -3.76. The number of carbonyl (C=O) groups is 1. The molecular formula is C22H20F3N7O. The summed E-state index contributed by atoms with van der Waals surface area (Å²) in [6.07, 6.45) is 1.98. The normalized spacial score (nSPS) is 15.8. The van der Waals surface area contributed by atoms with Gasteiger partial charge in [-0.05, 0) is 32.4 Å². The van der Waals surface area contributed by atoms with Crippen LogP contribution in [0, 0.1) is 24.4 Å². The molecule has 8 nitrogen and oxygen atoms in total. The van der Waals surface area contributed by atoms with E-state index < -0.39 is 23.5 Å². The third-order valence-corrected chi connectivity index (χ3v) is 6.07. The molecular weight excluding hydrogens is 435 g/mol. The lowest BCUT2D eigenvalue weighted by atomic mass is 9.95. The summed E-state index contributed by atoms with van der Waals surface area (Å²) in [6.45, 7) is 3.91. The molecule has 0 saturated carbocycles. The molecule has 0 radical (unpaired) electrons. The van der Waals surface area contributed by atoms with E-state index in [1.807, 2.05) is 6.92 Å². The van der Waals surface area contributed by atoms with Crippen LogP contribution in [-0.2, 0) is 20.5 Å². The second kappa shape index (κ2) is 7.39. The lowest BCUT2D eigenvalue weighted by Gasteiger charge is -2.32. The molecule has 0 unspecified atom stereocenters. The Morgan fingerprint density at radius 2 is 1.79 bits per heavy atom. The number of halogens is 3. The minimum atomic E-state index is -1.51. The zero-order valence-electron chi connectivity index (χ0n) is 18.4. The van der Waals surface area contributed by atoms with Crippen molar-refractivity contribution in [3.63, 3.8) is 0 Å². The third kappa shape index (κ3) is 3.18. The molecule has 11 heteroatoms. The standard InChI is InChI=1S/C22H20F3N7O/c1-10-18-13(20(30(3)29-18)12-7-15(23)17(25)16(24)8-12)5-6-32(10)22(33)19-14-9-26-31(4)21(14)28-11(2)27-19/h7-10H,5-6H2,1-4H3/t10-/m0/s1. The van der Waals surface area contributed by atoms with Crippen LogP contribution in [0.15, 0.2) is 18.3 Å². The van der Waals surface area contributed by atoms with Crippen molar-refractivity contribution in [1.82, 2.24) is 34.4 Å². The molecule has 0 spiro atoms. The van der Waals surface area contributed by atoms with Crippen molar-refractivity contribution < 1.29 is 18.0 Å². The summed E-state index contributed by atoms with van der Waals surface area (Å²) in [7, 11) is 3.40. The van der Waals surface area contributed by atoms with Gasteiger partial charge in [0.2, 0.25) is 0 Å². The number of hydrogen-bond donors (Lipinski definition) is 0. The lowest BCUT2D eigenvalue weighted by Crippen LogP contribution is -2.39. The van der Waals surface area contributed by atoms with Crippen molar-refractivity contribution in [2.45, 2.75) is 26.3 Å². The highest BCUT2D eigenvalue weighted by atomic mass is 19.2. The van der Waals surface area contributed by atoms with Gasteiger partial charge in [0.15, 0.2) is 23.1 Å². The van der Waals surface area contributed by atoms with Crippen LogP contribution in [0.4, 0.5) is 13.2 Å². The fourth-order valence-corrected chi connectivity index (χ4v) is 4.51. The van der Waals surface area contributed by atoms with Gasteiger partial charge in [0.05, 0.1) is 29.0 Å². The number of carbonyl (C=O) groups excluding carboxylic acids is 1. The zero-order chi connectivity index (χ0) is 23.6. The van der Waals surface area contributed by atoms with Crippen LogP contribution in [0.3, 0.4) is 0 Å². The Kier molecular flexibility index (Phi) is 4.73. The number of nitrogens with zero attached hydrogens (tertiary/aromatic N) is 7. The van der Waals surface area contributed by atoms with Crippen molar-refractivity contribution in [1.29, 1.82) is 0 Å². The molecule has 4 aromatic rings. The number of hydrogen-bond acceptors (Lipinski definition) is 5. The predicted molar refractivity (Wildman–Crippen MR) is 113 cm³/mol. The molecule has 170 valence electrons. The Balaban J connectivity index is 1.55. The van der Waals surface area contributed by atoms with Crippen LogP contribution in [0.2, 0.25) is 0 Å². The maximum atomic E-state index is 13.9. The summed E-state index contributed by atoms with van der Waals surface area (Å²) >= 11 is 0. The highest BCUT2D eigenvalue weighted by Crippen LogP contribution is 2.37. The largest absolute Gasteiger partial charge is 0.329 e. The first-order valence-electron chi connectivity index (χ1n) is 10.3. The van der Waals surface area contributed by atoms with Crippen LogP contribution in [0.5, 0.6) is 0 Å². The predicted octanol–water partition coefficient (Wildman–Crippen LogP) is 3.25. The maximum absolute atomic E-state index is 13.9. The molecule has 0 fully saturated rings. The maximum Gasteiger partial charge on any atom is 0.273 e. The molecule has 33 heavy (non-hydrogen) atoms. The van der Waals surface area contributed by atoms with Crippen molar-refractivity contribution in [2.24, 2.45) is 14.1 Å². The Labute approximate surface area is 186 Å². The second-order valence-electron chi connectivity index (χ2n) is 8.14. The van der Waals surface area contributed by atoms with Gasteiger partial charge >= 0.3 is 0 Å². The van der Waals surface area contributed by atoms with E-state index >= 15 is 0 Å². The summed E-state index contributed by atoms with van der Waals surface area (Å²) < 4.78 is 44.3. The monoisotopic (exact) mass is 455 g/mol. The number of aromatic nitrogens is 6. The number of amides is 1. The molecule has 5 rings (SSSR count). The summed E-state index contributed by atoms with van der Waals surface area (Å²) in [6, 6.07) is 1.50. The van der Waals surface area contributed by atoms with Gasteiger partial charge in [0.1, 0.15) is 11.5 Å². The van der Waals surface area contributed by atoms with E-state index in [-0.39, 0.29) is 17.2 Å². The molecule has 4 heterocycles. The average Bonchev–Trinajstić information content (AvgIpc) is 3.31. The molecule has 1 amide bonds. The first-order chi connectivity index (χ1) is 15.7. The van der Waals surface area contributed by atoms with E-state index in [1.165, 1.54) is 4.68 Å². The van der Waals surface area contributed by atoms with Gasteiger partial charge in [-0.2, -0.15) is 10.2 Å². The van der Waals surface area contributed by atoms with Gasteiger partial charge in [-0.3, -0.25) is 14.2 Å². The molecule has 0 aliphatic carbocycles. The van der Waals surface area contributed by atoms with E-state index in [4.69, 9.17) is 0 Å². The molecule has 1 atom stereocenters. The molecule has 1 aliphatic rings. The Bertz CT molecular complexity index is 1420. The molecule has 0 bridgehead atoms. The topological polar surface area (TPSA) is 81.7 Å². The van der Waals surface area contributed by atoms with Crippen molar-refractivity contribution in [3.05, 3.63) is 58.6 Å². The zero-order valence-corrected chi connectivity index (χ0v) is 18.4. The van der Waals surface area contributed by atoms with Crippen LogP contribution in [0.1, 0.15) is 40.5 Å². The van der Waals surface area contributed by atoms with Crippen LogP contribution < -0.4 is 0 Å². The summed E-state index contributed by atoms with van der Waals surface area (Å²) in [5.74, 6) is -3.86. The summed E-state index contributed by atoms with van der Waals surface area (Å²) in [4.78, 5) is 23.9. The van der Waals surface area contributed by atoms with Crippen molar-refractivity contribution in [2.75, 3.05) is 6.54 Å². The van der Waals surface area contributed by atoms with Crippen LogP contribution in [0.25, 0.3) is 22.3 Å². The van der Waals surface area contributed by atoms with Crippen molar-refractivity contribution in [3.8, 4) is 11.3 Å². The number of benzene rings is 1. The number of rotatable bonds is 2. The first-order valence-corrected chi connectivity index (χ1v) is 10.3. The number of aryl methyl sites for hydroxylation is 3. The Morgan fingerprint density at radius 3 is 2.48 bits per heavy atom. The summed E-state index contributed by atoms with van der Waals surface area (Å²) in [5, 5.41) is 9.28. The highest BCUT2D eigenvalue weighted by Gasteiger charge is 2.35. The quantitative estimate of drug-likeness (QED) is 0.434. The SMILES string of the molecule is Cc1nc(C(=O)N2CCc3c(nn(C)c3-c3cc(F)c(F)c(F)c3)[C@@H]2C)c2cnn(C)c2n1. The number of fused-ring (bicyclic) bond motifs is 2. The summed E-state index contributed by atoms with van der Waals surface area (Å²) in [5.41, 5.74) is 2.90. The van der Waals surface area contributed by atoms with Gasteiger partial charge in [0.25, 0.3) is 5.91 Å². The lowest BCUT2D eigenvalue weighted by molar-refractivity contribution is 0.0669. The van der Waals surface area contributed by atoms with Gasteiger partial charge in [0, 0.05) is 31.8 Å². The van der Waals surface area contributed by atoms with E-state index in [2.05, 4.69) is 20.2 Å². The van der Waals surface area contributed by atoms with Gasteiger partial charge in [-0.1, -0.05) is 0 Å². The van der Waals surface area contributed by atoms with E-state index in [1.54, 1.807) is 36.8 Å². The first kappa shape index (κ1) is 21.1. The highest BCUT2D eigenvalue weighted by molar-refractivity contribution is 6.03. The fraction of sp³-hybridized carbons (Fsp3) is 0.318. The molecule has 1 aromatic carbocycles. The molecule has 0 N–H and O–H groups in total. The minimum Gasteiger partial charge on any atom is -0.329 e. The van der Waals surface area contributed by atoms with Gasteiger partial charge < -0.3 is 4.90 Å². The fourth-order valence-electron chi connectivity index (χ4n) is 4.51. The molecule has 0 saturated heterocycles. The van der Waals surface area contributed by atoms with Gasteiger partial charge in [-0.15, -0.1) is 0 Å². The van der Waals surface area contributed by atoms with E-state index in [0.29, 0.717) is 41.2 Å². The van der Waals surface area contributed by atoms with Crippen LogP contribution >= 0.6 is 0 Å². The van der Waals surface area contributed by atoms with Gasteiger partial charge in [-0.25, -0.2) is 23.1 Å². The van der Waals surface area contributed by atoms with Crippen LogP contribution in [-0.4, -0.2) is 46.9 Å². The smallest absolute Gasteiger partial charge is 0.273 e. The Morgan fingerprint density at radius 1 is 1.09 bits per heavy atom. The van der Waals surface area contributed by atoms with Crippen molar-refractivity contribution >= 4 is 16.9 Å². The third-order valence-electron chi connectivity index (χ3n) is 6.07. The molecule has 3 aromatic heterocycles. The average molecular weight is 455 g/mol. The van der Waals surface area contributed by atoms with E-state index in [0.717, 1.165) is 17.7 Å². The minimum absolute atomic E-state index is 0.193. The second-order valence-corrected chi connectivity index (χ2v) is 8.14. The molecule has 1 aliphatic heterocycles.